The first kappa shape index (κ1) is 14.2. The minimum absolute atomic E-state index is 0.191. The van der Waals surface area contributed by atoms with Crippen LogP contribution >= 0.6 is 0 Å². The Balaban J connectivity index is 2.37. The number of para-hydroxylation sites is 1. The van der Waals surface area contributed by atoms with E-state index in [9.17, 15) is 4.79 Å². The van der Waals surface area contributed by atoms with Crippen molar-refractivity contribution in [2.24, 2.45) is 0 Å². The number of carbonyl (C=O) groups is 1. The Morgan fingerprint density at radius 1 is 1.35 bits per heavy atom. The van der Waals surface area contributed by atoms with Crippen molar-refractivity contribution in [2.75, 3.05) is 26.0 Å². The van der Waals surface area contributed by atoms with Crippen molar-refractivity contribution >= 4 is 22.7 Å². The number of hydrogen-bond donors (Lipinski definition) is 2. The summed E-state index contributed by atoms with van der Waals surface area (Å²) in [6, 6.07) is 7.67. The molecule has 20 heavy (non-hydrogen) atoms. The highest BCUT2D eigenvalue weighted by molar-refractivity contribution is 5.93. The summed E-state index contributed by atoms with van der Waals surface area (Å²) >= 11 is 0. The van der Waals surface area contributed by atoms with Crippen molar-refractivity contribution in [2.45, 2.75) is 13.0 Å². The Kier molecular flexibility index (Phi) is 4.14. The van der Waals surface area contributed by atoms with Gasteiger partial charge in [0, 0.05) is 18.0 Å². The lowest BCUT2D eigenvalue weighted by Gasteiger charge is -2.20. The number of likely N-dealkylation sites (N-methyl/N-ethyl adjacent to an activating group) is 1. The number of benzene rings is 1. The molecule has 0 amide bonds. The molecule has 6 nitrogen and oxygen atoms in total. The van der Waals surface area contributed by atoms with Gasteiger partial charge in [-0.3, -0.25) is 0 Å². The molecule has 0 aliphatic carbocycles. The standard InChI is InChI=1S/C14H18N4O2/c1-9(18(2)3)8-15-12-10-6-4-5-7-11(10)16-13(17-12)14(19)20/h4-7,9H,8H2,1-3H3,(H,19,20)(H,15,16,17). The first-order valence-corrected chi connectivity index (χ1v) is 6.39. The average molecular weight is 274 g/mol. The predicted molar refractivity (Wildman–Crippen MR) is 78.1 cm³/mol. The van der Waals surface area contributed by atoms with Gasteiger partial charge in [0.25, 0.3) is 0 Å². The lowest BCUT2D eigenvalue weighted by atomic mass is 10.2. The molecule has 1 unspecified atom stereocenters. The third-order valence-electron chi connectivity index (χ3n) is 3.24. The Morgan fingerprint density at radius 3 is 2.70 bits per heavy atom. The first-order chi connectivity index (χ1) is 9.49. The SMILES string of the molecule is CC(CNc1nc(C(=O)O)nc2ccccc12)N(C)C. The Morgan fingerprint density at radius 2 is 2.05 bits per heavy atom. The van der Waals surface area contributed by atoms with Crippen LogP contribution in [0, 0.1) is 0 Å². The molecule has 1 aromatic carbocycles. The van der Waals surface area contributed by atoms with Gasteiger partial charge in [-0.05, 0) is 33.2 Å². The van der Waals surface area contributed by atoms with Crippen LogP contribution in [0.5, 0.6) is 0 Å². The zero-order chi connectivity index (χ0) is 14.7. The van der Waals surface area contributed by atoms with Gasteiger partial charge in [-0.2, -0.15) is 0 Å². The van der Waals surface area contributed by atoms with E-state index in [1.165, 1.54) is 0 Å². The zero-order valence-corrected chi connectivity index (χ0v) is 11.8. The Hall–Kier alpha value is -2.21. The number of carboxylic acids is 1. The van der Waals surface area contributed by atoms with Gasteiger partial charge in [-0.15, -0.1) is 0 Å². The third kappa shape index (κ3) is 3.03. The second-order valence-corrected chi connectivity index (χ2v) is 4.91. The predicted octanol–water partition coefficient (Wildman–Crippen LogP) is 1.69. The monoisotopic (exact) mass is 274 g/mol. The van der Waals surface area contributed by atoms with E-state index >= 15 is 0 Å². The molecule has 0 saturated heterocycles. The van der Waals surface area contributed by atoms with Crippen molar-refractivity contribution in [3.05, 3.63) is 30.1 Å². The van der Waals surface area contributed by atoms with Crippen molar-refractivity contribution in [1.82, 2.24) is 14.9 Å². The summed E-state index contributed by atoms with van der Waals surface area (Å²) in [4.78, 5) is 21.3. The minimum Gasteiger partial charge on any atom is -0.475 e. The Labute approximate surface area is 117 Å². The molecule has 0 saturated carbocycles. The van der Waals surface area contributed by atoms with E-state index < -0.39 is 5.97 Å². The topological polar surface area (TPSA) is 78.3 Å². The number of hydrogen-bond acceptors (Lipinski definition) is 5. The molecule has 0 aliphatic rings. The maximum Gasteiger partial charge on any atom is 0.374 e. The van der Waals surface area contributed by atoms with Crippen LogP contribution in [0.15, 0.2) is 24.3 Å². The molecule has 0 spiro atoms. The Bertz CT molecular complexity index is 628. The van der Waals surface area contributed by atoms with Gasteiger partial charge < -0.3 is 15.3 Å². The minimum atomic E-state index is -1.13. The highest BCUT2D eigenvalue weighted by atomic mass is 16.4. The van der Waals surface area contributed by atoms with E-state index in [1.807, 2.05) is 32.3 Å². The van der Waals surface area contributed by atoms with Crippen LogP contribution in [-0.2, 0) is 0 Å². The van der Waals surface area contributed by atoms with Gasteiger partial charge in [-0.1, -0.05) is 12.1 Å². The van der Waals surface area contributed by atoms with Crippen LogP contribution < -0.4 is 5.32 Å². The number of carboxylic acid groups (broad SMARTS) is 1. The van der Waals surface area contributed by atoms with Crippen LogP contribution in [0.3, 0.4) is 0 Å². The van der Waals surface area contributed by atoms with Crippen molar-refractivity contribution < 1.29 is 9.90 Å². The molecule has 0 aliphatic heterocycles. The van der Waals surface area contributed by atoms with Gasteiger partial charge in [0.05, 0.1) is 5.52 Å². The molecule has 2 rings (SSSR count). The number of aromatic nitrogens is 2. The molecule has 0 radical (unpaired) electrons. The van der Waals surface area contributed by atoms with E-state index in [-0.39, 0.29) is 5.82 Å². The van der Waals surface area contributed by atoms with E-state index in [1.54, 1.807) is 6.07 Å². The quantitative estimate of drug-likeness (QED) is 0.864. The number of nitrogens with one attached hydrogen (secondary N) is 1. The van der Waals surface area contributed by atoms with Crippen molar-refractivity contribution in [3.8, 4) is 0 Å². The molecule has 0 fully saturated rings. The lowest BCUT2D eigenvalue weighted by molar-refractivity contribution is 0.0684. The van der Waals surface area contributed by atoms with Crippen LogP contribution in [0.25, 0.3) is 10.9 Å². The maximum absolute atomic E-state index is 11.1. The van der Waals surface area contributed by atoms with Gasteiger partial charge in [0.15, 0.2) is 0 Å². The van der Waals surface area contributed by atoms with Crippen LogP contribution in [0.4, 0.5) is 5.82 Å². The largest absolute Gasteiger partial charge is 0.475 e. The number of nitrogens with zero attached hydrogens (tertiary/aromatic N) is 3. The molecule has 2 N–H and O–H groups in total. The second-order valence-electron chi connectivity index (χ2n) is 4.91. The fraction of sp³-hybridized carbons (Fsp3) is 0.357. The molecule has 1 aromatic heterocycles. The van der Waals surface area contributed by atoms with Gasteiger partial charge in [0.2, 0.25) is 5.82 Å². The summed E-state index contributed by atoms with van der Waals surface area (Å²) in [5.74, 6) is -0.759. The van der Waals surface area contributed by atoms with Crippen molar-refractivity contribution in [3.63, 3.8) is 0 Å². The molecule has 1 atom stereocenters. The van der Waals surface area contributed by atoms with E-state index in [2.05, 4.69) is 27.1 Å². The molecular weight excluding hydrogens is 256 g/mol. The van der Waals surface area contributed by atoms with Crippen molar-refractivity contribution in [1.29, 1.82) is 0 Å². The van der Waals surface area contributed by atoms with Crippen LogP contribution in [0.2, 0.25) is 0 Å². The number of aromatic carboxylic acids is 1. The zero-order valence-electron chi connectivity index (χ0n) is 11.8. The molecule has 2 aromatic rings. The summed E-state index contributed by atoms with van der Waals surface area (Å²) in [5.41, 5.74) is 0.625. The summed E-state index contributed by atoms with van der Waals surface area (Å²) in [6.07, 6.45) is 0. The second kappa shape index (κ2) is 5.83. The van der Waals surface area contributed by atoms with Gasteiger partial charge in [0.1, 0.15) is 5.82 Å². The van der Waals surface area contributed by atoms with E-state index in [0.717, 1.165) is 5.39 Å². The summed E-state index contributed by atoms with van der Waals surface area (Å²) in [5, 5.41) is 13.1. The molecule has 0 bridgehead atoms. The maximum atomic E-state index is 11.1. The van der Waals surface area contributed by atoms with Gasteiger partial charge in [-0.25, -0.2) is 14.8 Å². The molecule has 6 heteroatoms. The smallest absolute Gasteiger partial charge is 0.374 e. The molecule has 1 heterocycles. The summed E-state index contributed by atoms with van der Waals surface area (Å²) < 4.78 is 0. The molecular formula is C14H18N4O2. The number of fused-ring (bicyclic) bond motifs is 1. The fourth-order valence-electron chi connectivity index (χ4n) is 1.73. The first-order valence-electron chi connectivity index (χ1n) is 6.39. The number of rotatable bonds is 5. The normalized spacial score (nSPS) is 12.6. The highest BCUT2D eigenvalue weighted by Crippen LogP contribution is 2.20. The summed E-state index contributed by atoms with van der Waals surface area (Å²) in [6.45, 7) is 2.75. The lowest BCUT2D eigenvalue weighted by Crippen LogP contribution is -2.31. The fourth-order valence-corrected chi connectivity index (χ4v) is 1.73. The van der Waals surface area contributed by atoms with Gasteiger partial charge >= 0.3 is 5.97 Å². The molecule has 106 valence electrons. The third-order valence-corrected chi connectivity index (χ3v) is 3.24. The van der Waals surface area contributed by atoms with E-state index in [0.29, 0.717) is 23.9 Å². The number of anilines is 1. The summed E-state index contributed by atoms with van der Waals surface area (Å²) in [7, 11) is 3.99. The van der Waals surface area contributed by atoms with Crippen LogP contribution in [0.1, 0.15) is 17.5 Å². The highest BCUT2D eigenvalue weighted by Gasteiger charge is 2.13. The van der Waals surface area contributed by atoms with E-state index in [4.69, 9.17) is 5.11 Å². The van der Waals surface area contributed by atoms with Crippen LogP contribution in [-0.4, -0.2) is 52.6 Å². The average Bonchev–Trinajstić information content (AvgIpc) is 2.43.